The minimum absolute atomic E-state index is 0. The SMILES string of the molecule is C.Cc1ccc(CO)c2c1[C@]13CCN(C)[C@H](C)[C@]1(O)CC=C(OC(=O)[C@@H](O)CC(=O)O[C@@H](C)C(=O)O)[C@@H]3O2.O=CC(F)(F)F. The van der Waals surface area contributed by atoms with Crippen LogP contribution in [0.4, 0.5) is 13.2 Å². The van der Waals surface area contributed by atoms with E-state index in [0.29, 0.717) is 24.3 Å². The third kappa shape index (κ3) is 6.75. The van der Waals surface area contributed by atoms with Crippen molar-refractivity contribution in [2.24, 2.45) is 0 Å². The molecule has 6 atom stereocenters. The maximum Gasteiger partial charge on any atom is 0.446 e. The molecule has 44 heavy (non-hydrogen) atoms. The minimum Gasteiger partial charge on any atom is -0.481 e. The number of carboxylic acid groups (broad SMARTS) is 1. The maximum atomic E-state index is 12.8. The molecule has 4 N–H and O–H groups in total. The lowest BCUT2D eigenvalue weighted by atomic mass is 9.54. The molecule has 1 aromatic rings. The number of halogens is 3. The number of benzene rings is 1. The van der Waals surface area contributed by atoms with E-state index in [4.69, 9.17) is 19.4 Å². The molecule has 1 aliphatic carbocycles. The van der Waals surface area contributed by atoms with Crippen LogP contribution in [0.1, 0.15) is 57.2 Å². The second-order valence-electron chi connectivity index (χ2n) is 10.8. The number of aryl methyl sites for hydroxylation is 1. The van der Waals surface area contributed by atoms with Gasteiger partial charge in [0.1, 0.15) is 11.5 Å². The average Bonchev–Trinajstić information content (AvgIpc) is 3.30. The van der Waals surface area contributed by atoms with Crippen LogP contribution in [-0.2, 0) is 40.7 Å². The van der Waals surface area contributed by atoms with Gasteiger partial charge in [-0.05, 0) is 52.4 Å². The number of hydrogen-bond acceptors (Lipinski definition) is 11. The van der Waals surface area contributed by atoms with Gasteiger partial charge in [-0.15, -0.1) is 0 Å². The van der Waals surface area contributed by atoms with Gasteiger partial charge in [-0.1, -0.05) is 19.6 Å². The number of fused-ring (bicyclic) bond motifs is 1. The van der Waals surface area contributed by atoms with Crippen LogP contribution < -0.4 is 4.74 Å². The number of piperidine rings is 1. The number of rotatable bonds is 7. The van der Waals surface area contributed by atoms with Gasteiger partial charge in [-0.3, -0.25) is 9.59 Å². The molecule has 1 saturated heterocycles. The van der Waals surface area contributed by atoms with Gasteiger partial charge in [0, 0.05) is 23.6 Å². The second kappa shape index (κ2) is 13.6. The molecule has 0 bridgehead atoms. The molecule has 2 aliphatic heterocycles. The first-order valence-electron chi connectivity index (χ1n) is 13.3. The highest BCUT2D eigenvalue weighted by molar-refractivity contribution is 5.84. The van der Waals surface area contributed by atoms with E-state index in [0.717, 1.165) is 18.1 Å². The van der Waals surface area contributed by atoms with Crippen molar-refractivity contribution in [3.63, 3.8) is 0 Å². The Labute approximate surface area is 252 Å². The topological polar surface area (TPSA) is 180 Å². The van der Waals surface area contributed by atoms with Gasteiger partial charge in [-0.2, -0.15) is 13.2 Å². The molecule has 1 spiro atoms. The quantitative estimate of drug-likeness (QED) is 0.254. The number of aldehydes is 1. The van der Waals surface area contributed by atoms with Crippen molar-refractivity contribution in [2.75, 3.05) is 13.6 Å². The molecular formula is C29H38F3NO11. The Bertz CT molecular complexity index is 1300. The van der Waals surface area contributed by atoms with Crippen molar-refractivity contribution in [3.8, 4) is 5.75 Å². The van der Waals surface area contributed by atoms with Gasteiger partial charge in [0.25, 0.3) is 0 Å². The fraction of sp³-hybridized carbons (Fsp3) is 0.586. The molecule has 246 valence electrons. The zero-order valence-electron chi connectivity index (χ0n) is 23.9. The molecule has 15 heteroatoms. The third-order valence-corrected chi connectivity index (χ3v) is 8.24. The fourth-order valence-electron chi connectivity index (χ4n) is 5.92. The Balaban J connectivity index is 0.000000877. The van der Waals surface area contributed by atoms with E-state index in [1.54, 1.807) is 12.1 Å². The number of ether oxygens (including phenoxy) is 3. The third-order valence-electron chi connectivity index (χ3n) is 8.24. The zero-order valence-corrected chi connectivity index (χ0v) is 23.9. The number of likely N-dealkylation sites (tertiary alicyclic amines) is 1. The maximum absolute atomic E-state index is 12.8. The Kier molecular flexibility index (Phi) is 11.4. The second-order valence-corrected chi connectivity index (χ2v) is 10.8. The summed E-state index contributed by atoms with van der Waals surface area (Å²) >= 11 is 0. The van der Waals surface area contributed by atoms with Crippen LogP contribution in [0, 0.1) is 6.92 Å². The molecule has 0 saturated carbocycles. The smallest absolute Gasteiger partial charge is 0.446 e. The predicted molar refractivity (Wildman–Crippen MR) is 146 cm³/mol. The molecule has 1 aromatic carbocycles. The number of hydrogen-bond donors (Lipinski definition) is 4. The normalized spacial score (nSPS) is 26.8. The molecule has 3 aliphatic rings. The summed E-state index contributed by atoms with van der Waals surface area (Å²) in [4.78, 5) is 46.4. The molecule has 0 amide bonds. The summed E-state index contributed by atoms with van der Waals surface area (Å²) in [5, 5.41) is 41.3. The number of carboxylic acids is 1. The average molecular weight is 634 g/mol. The van der Waals surface area contributed by atoms with Crippen molar-refractivity contribution in [3.05, 3.63) is 40.7 Å². The van der Waals surface area contributed by atoms with E-state index >= 15 is 0 Å². The van der Waals surface area contributed by atoms with Gasteiger partial charge in [0.05, 0.1) is 24.0 Å². The van der Waals surface area contributed by atoms with Gasteiger partial charge >= 0.3 is 24.1 Å². The van der Waals surface area contributed by atoms with Gasteiger partial charge in [0.2, 0.25) is 6.29 Å². The lowest BCUT2D eigenvalue weighted by Crippen LogP contribution is -2.71. The van der Waals surface area contributed by atoms with Crippen LogP contribution in [0.2, 0.25) is 0 Å². The molecule has 4 rings (SSSR count). The van der Waals surface area contributed by atoms with Crippen LogP contribution in [-0.4, -0.2) is 99.2 Å². The minimum atomic E-state index is -4.64. The number of carbonyl (C=O) groups excluding carboxylic acids is 3. The number of aliphatic hydroxyl groups excluding tert-OH is 2. The van der Waals surface area contributed by atoms with Gasteiger partial charge in [-0.25, -0.2) is 9.59 Å². The van der Waals surface area contributed by atoms with Crippen LogP contribution in [0.5, 0.6) is 5.75 Å². The molecule has 0 unspecified atom stereocenters. The highest BCUT2D eigenvalue weighted by Crippen LogP contribution is 2.61. The standard InChI is InChI=1S/C26H33NO10.C2HF3O.CH4/c1-13-5-6-16(12-28)21-20(13)25-9-10-27(4)15(3)26(25,34)8-7-18(22(25)37-21)36-24(33)17(29)11-19(30)35-14(2)23(31)32;3-2(4,5)1-6;/h5-7,14-15,17,22,28-29,34H,8-12H2,1-4H3,(H,31,32);1H;1H4/t14-,15+,17-,22-,25-,26+;;/m0../s1. The summed E-state index contributed by atoms with van der Waals surface area (Å²) in [7, 11) is 1.93. The fourth-order valence-corrected chi connectivity index (χ4v) is 5.92. The highest BCUT2D eigenvalue weighted by atomic mass is 19.4. The first-order chi connectivity index (χ1) is 19.9. The van der Waals surface area contributed by atoms with Gasteiger partial charge in [0.15, 0.2) is 18.3 Å². The largest absolute Gasteiger partial charge is 0.481 e. The van der Waals surface area contributed by atoms with Crippen molar-refractivity contribution < 1.29 is 67.0 Å². The Morgan fingerprint density at radius 2 is 1.89 bits per heavy atom. The molecule has 0 aromatic heterocycles. The Morgan fingerprint density at radius 3 is 2.43 bits per heavy atom. The summed E-state index contributed by atoms with van der Waals surface area (Å²) < 4.78 is 47.8. The van der Waals surface area contributed by atoms with Crippen LogP contribution in [0.15, 0.2) is 24.0 Å². The number of alkyl halides is 3. The lowest BCUT2D eigenvalue weighted by Gasteiger charge is -2.58. The molecular weight excluding hydrogens is 595 g/mol. The van der Waals surface area contributed by atoms with E-state index in [1.165, 1.54) is 0 Å². The lowest BCUT2D eigenvalue weighted by molar-refractivity contribution is -0.170. The van der Waals surface area contributed by atoms with Crippen molar-refractivity contribution >= 4 is 24.2 Å². The van der Waals surface area contributed by atoms with E-state index in [-0.39, 0.29) is 32.3 Å². The summed E-state index contributed by atoms with van der Waals surface area (Å²) in [6.45, 7) is 5.33. The zero-order chi connectivity index (χ0) is 32.5. The Morgan fingerprint density at radius 1 is 1.27 bits per heavy atom. The molecule has 0 radical (unpaired) electrons. The van der Waals surface area contributed by atoms with E-state index in [9.17, 15) is 42.9 Å². The molecule has 12 nitrogen and oxygen atoms in total. The van der Waals surface area contributed by atoms with Crippen molar-refractivity contribution in [1.29, 1.82) is 0 Å². The van der Waals surface area contributed by atoms with Crippen LogP contribution in [0.3, 0.4) is 0 Å². The number of nitrogens with zero attached hydrogens (tertiary/aromatic N) is 1. The number of likely N-dealkylation sites (N-methyl/N-ethyl adjacent to an activating group) is 1. The van der Waals surface area contributed by atoms with E-state index in [2.05, 4.69) is 9.64 Å². The summed E-state index contributed by atoms with van der Waals surface area (Å²) in [6, 6.07) is 3.34. The molecule has 2 heterocycles. The first kappa shape index (κ1) is 36.7. The number of carbonyl (C=O) groups is 4. The number of aliphatic hydroxyl groups is 3. The van der Waals surface area contributed by atoms with Crippen LogP contribution >= 0.6 is 0 Å². The highest BCUT2D eigenvalue weighted by Gasteiger charge is 2.69. The van der Waals surface area contributed by atoms with Crippen LogP contribution in [0.25, 0.3) is 0 Å². The summed E-state index contributed by atoms with van der Waals surface area (Å²) in [5.41, 5.74) is -0.110. The van der Waals surface area contributed by atoms with Crippen molar-refractivity contribution in [2.45, 2.75) is 95.6 Å². The van der Waals surface area contributed by atoms with Crippen molar-refractivity contribution in [1.82, 2.24) is 4.90 Å². The first-order valence-corrected chi connectivity index (χ1v) is 13.3. The monoisotopic (exact) mass is 633 g/mol. The van der Waals surface area contributed by atoms with E-state index in [1.807, 2.05) is 27.0 Å². The number of esters is 2. The Hall–Kier alpha value is -3.53. The summed E-state index contributed by atoms with van der Waals surface area (Å²) in [6.07, 6.45) is -8.57. The van der Waals surface area contributed by atoms with Gasteiger partial charge < -0.3 is 39.5 Å². The molecule has 1 fully saturated rings. The summed E-state index contributed by atoms with van der Waals surface area (Å²) in [5.74, 6) is -3.03. The predicted octanol–water partition coefficient (Wildman–Crippen LogP) is 1.92. The number of aliphatic carboxylic acids is 1. The van der Waals surface area contributed by atoms with E-state index < -0.39 is 66.1 Å².